The van der Waals surface area contributed by atoms with Crippen molar-refractivity contribution < 1.29 is 9.53 Å². The number of methoxy groups -OCH3 is 1. The summed E-state index contributed by atoms with van der Waals surface area (Å²) in [5, 5.41) is 2.71. The maximum Gasteiger partial charge on any atom is 0.241 e. The standard InChI is InChI=1S/C11H17N3O2S/c1-16-11-9(4-3-6-13-11)14-10(15)8(12)5-7-17-2/h3-4,6,8H,5,7,12H2,1-2H3,(H,14,15)/t8-/m1/s1. The molecule has 5 nitrogen and oxygen atoms in total. The highest BCUT2D eigenvalue weighted by atomic mass is 32.2. The number of pyridine rings is 1. The largest absolute Gasteiger partial charge is 0.480 e. The number of nitrogens with zero attached hydrogens (tertiary/aromatic N) is 1. The molecule has 0 saturated heterocycles. The fourth-order valence-corrected chi connectivity index (χ4v) is 1.74. The number of thioether (sulfide) groups is 1. The van der Waals surface area contributed by atoms with E-state index in [0.717, 1.165) is 5.75 Å². The maximum atomic E-state index is 11.8. The lowest BCUT2D eigenvalue weighted by atomic mass is 10.2. The molecule has 0 bridgehead atoms. The summed E-state index contributed by atoms with van der Waals surface area (Å²) in [7, 11) is 1.51. The lowest BCUT2D eigenvalue weighted by molar-refractivity contribution is -0.117. The Morgan fingerprint density at radius 2 is 2.47 bits per heavy atom. The van der Waals surface area contributed by atoms with E-state index >= 15 is 0 Å². The number of hydrogen-bond donors (Lipinski definition) is 2. The molecule has 1 heterocycles. The summed E-state index contributed by atoms with van der Waals surface area (Å²) in [6.45, 7) is 0. The summed E-state index contributed by atoms with van der Waals surface area (Å²) in [5.41, 5.74) is 6.30. The van der Waals surface area contributed by atoms with Crippen molar-refractivity contribution in [1.29, 1.82) is 0 Å². The number of aromatic nitrogens is 1. The summed E-state index contributed by atoms with van der Waals surface area (Å²) in [5.74, 6) is 1.03. The van der Waals surface area contributed by atoms with Crippen molar-refractivity contribution in [2.45, 2.75) is 12.5 Å². The highest BCUT2D eigenvalue weighted by Crippen LogP contribution is 2.19. The summed E-state index contributed by atoms with van der Waals surface area (Å²) in [4.78, 5) is 15.7. The zero-order valence-electron chi connectivity index (χ0n) is 9.97. The fourth-order valence-electron chi connectivity index (χ4n) is 1.25. The van der Waals surface area contributed by atoms with E-state index in [9.17, 15) is 4.79 Å². The molecule has 1 aromatic heterocycles. The molecule has 17 heavy (non-hydrogen) atoms. The Hall–Kier alpha value is -1.27. The molecule has 1 aromatic rings. The van der Waals surface area contributed by atoms with E-state index in [1.807, 2.05) is 6.26 Å². The first-order chi connectivity index (χ1) is 8.19. The number of anilines is 1. The number of nitrogens with two attached hydrogens (primary N) is 1. The molecule has 0 aliphatic carbocycles. The van der Waals surface area contributed by atoms with Crippen LogP contribution in [-0.4, -0.2) is 36.1 Å². The minimum absolute atomic E-state index is 0.217. The Labute approximate surface area is 105 Å². The molecule has 1 amide bonds. The molecule has 0 fully saturated rings. The minimum atomic E-state index is -0.507. The van der Waals surface area contributed by atoms with Gasteiger partial charge in [-0.15, -0.1) is 0 Å². The number of nitrogens with one attached hydrogen (secondary N) is 1. The quantitative estimate of drug-likeness (QED) is 0.796. The number of carbonyl (C=O) groups excluding carboxylic acids is 1. The highest BCUT2D eigenvalue weighted by Gasteiger charge is 2.15. The molecular formula is C11H17N3O2S. The molecule has 94 valence electrons. The zero-order chi connectivity index (χ0) is 12.7. The van der Waals surface area contributed by atoms with Gasteiger partial charge in [0, 0.05) is 6.20 Å². The molecule has 0 radical (unpaired) electrons. The third kappa shape index (κ3) is 4.24. The van der Waals surface area contributed by atoms with Gasteiger partial charge in [0.25, 0.3) is 0 Å². The van der Waals surface area contributed by atoms with E-state index in [1.54, 1.807) is 30.1 Å². The second-order valence-electron chi connectivity index (χ2n) is 3.44. The van der Waals surface area contributed by atoms with Crippen molar-refractivity contribution >= 4 is 23.4 Å². The lowest BCUT2D eigenvalue weighted by Crippen LogP contribution is -2.36. The van der Waals surface area contributed by atoms with Crippen LogP contribution in [0.15, 0.2) is 18.3 Å². The molecule has 1 rings (SSSR count). The van der Waals surface area contributed by atoms with Crippen LogP contribution in [0.1, 0.15) is 6.42 Å². The van der Waals surface area contributed by atoms with Gasteiger partial charge in [0.1, 0.15) is 5.69 Å². The Morgan fingerprint density at radius 3 is 3.12 bits per heavy atom. The van der Waals surface area contributed by atoms with Crippen LogP contribution in [0.2, 0.25) is 0 Å². The Bertz CT molecular complexity index is 373. The van der Waals surface area contributed by atoms with Gasteiger partial charge in [0.05, 0.1) is 13.2 Å². The number of ether oxygens (including phenoxy) is 1. The van der Waals surface area contributed by atoms with Crippen LogP contribution < -0.4 is 15.8 Å². The van der Waals surface area contributed by atoms with Gasteiger partial charge in [-0.3, -0.25) is 4.79 Å². The SMILES string of the molecule is COc1ncccc1NC(=O)[C@H](N)CCSC. The Morgan fingerprint density at radius 1 is 1.71 bits per heavy atom. The third-order valence-electron chi connectivity index (χ3n) is 2.19. The first-order valence-corrected chi connectivity index (χ1v) is 6.62. The monoisotopic (exact) mass is 255 g/mol. The van der Waals surface area contributed by atoms with Crippen molar-refractivity contribution in [2.24, 2.45) is 5.73 Å². The predicted octanol–water partition coefficient (Wildman–Crippen LogP) is 1.11. The van der Waals surface area contributed by atoms with Crippen LogP contribution >= 0.6 is 11.8 Å². The molecule has 0 aliphatic rings. The number of rotatable bonds is 6. The van der Waals surface area contributed by atoms with Gasteiger partial charge in [0.2, 0.25) is 11.8 Å². The zero-order valence-corrected chi connectivity index (χ0v) is 10.8. The predicted molar refractivity (Wildman–Crippen MR) is 70.4 cm³/mol. The molecular weight excluding hydrogens is 238 g/mol. The lowest BCUT2D eigenvalue weighted by Gasteiger charge is -2.13. The van der Waals surface area contributed by atoms with Crippen LogP contribution in [-0.2, 0) is 4.79 Å². The van der Waals surface area contributed by atoms with Crippen LogP contribution in [0, 0.1) is 0 Å². The summed E-state index contributed by atoms with van der Waals surface area (Å²) in [6, 6.07) is 2.95. The van der Waals surface area contributed by atoms with Crippen molar-refractivity contribution in [3.63, 3.8) is 0 Å². The molecule has 6 heteroatoms. The molecule has 0 spiro atoms. The van der Waals surface area contributed by atoms with E-state index in [4.69, 9.17) is 10.5 Å². The van der Waals surface area contributed by atoms with Gasteiger partial charge in [-0.1, -0.05) is 0 Å². The third-order valence-corrected chi connectivity index (χ3v) is 2.84. The number of hydrogen-bond acceptors (Lipinski definition) is 5. The van der Waals surface area contributed by atoms with Gasteiger partial charge < -0.3 is 15.8 Å². The minimum Gasteiger partial charge on any atom is -0.480 e. The van der Waals surface area contributed by atoms with E-state index in [2.05, 4.69) is 10.3 Å². The number of amides is 1. The number of carbonyl (C=O) groups is 1. The molecule has 0 saturated carbocycles. The second-order valence-corrected chi connectivity index (χ2v) is 4.42. The fraction of sp³-hybridized carbons (Fsp3) is 0.455. The molecule has 3 N–H and O–H groups in total. The van der Waals surface area contributed by atoms with Gasteiger partial charge in [0.15, 0.2) is 0 Å². The van der Waals surface area contributed by atoms with Gasteiger partial charge in [-0.25, -0.2) is 4.98 Å². The van der Waals surface area contributed by atoms with E-state index in [1.165, 1.54) is 7.11 Å². The van der Waals surface area contributed by atoms with Crippen molar-refractivity contribution in [1.82, 2.24) is 4.98 Å². The Kier molecular flexibility index (Phi) is 5.79. The molecule has 1 atom stereocenters. The summed E-state index contributed by atoms with van der Waals surface area (Å²) >= 11 is 1.66. The smallest absolute Gasteiger partial charge is 0.241 e. The van der Waals surface area contributed by atoms with Crippen LogP contribution in [0.25, 0.3) is 0 Å². The van der Waals surface area contributed by atoms with Crippen molar-refractivity contribution in [2.75, 3.05) is 24.4 Å². The van der Waals surface area contributed by atoms with Crippen LogP contribution in [0.3, 0.4) is 0 Å². The maximum absolute atomic E-state index is 11.8. The highest BCUT2D eigenvalue weighted by molar-refractivity contribution is 7.98. The van der Waals surface area contributed by atoms with E-state index in [0.29, 0.717) is 18.0 Å². The molecule has 0 aromatic carbocycles. The van der Waals surface area contributed by atoms with Crippen molar-refractivity contribution in [3.8, 4) is 5.88 Å². The van der Waals surface area contributed by atoms with Crippen molar-refractivity contribution in [3.05, 3.63) is 18.3 Å². The van der Waals surface area contributed by atoms with Gasteiger partial charge in [-0.05, 0) is 30.6 Å². The normalized spacial score (nSPS) is 11.9. The first kappa shape index (κ1) is 13.8. The topological polar surface area (TPSA) is 77.2 Å². The van der Waals surface area contributed by atoms with Gasteiger partial charge in [-0.2, -0.15) is 11.8 Å². The summed E-state index contributed by atoms with van der Waals surface area (Å²) in [6.07, 6.45) is 4.23. The van der Waals surface area contributed by atoms with E-state index < -0.39 is 6.04 Å². The average molecular weight is 255 g/mol. The molecule has 0 unspecified atom stereocenters. The van der Waals surface area contributed by atoms with Crippen LogP contribution in [0.4, 0.5) is 5.69 Å². The molecule has 0 aliphatic heterocycles. The van der Waals surface area contributed by atoms with Crippen LogP contribution in [0.5, 0.6) is 5.88 Å². The first-order valence-electron chi connectivity index (χ1n) is 5.23. The Balaban J connectivity index is 2.61. The second kappa shape index (κ2) is 7.13. The van der Waals surface area contributed by atoms with Gasteiger partial charge >= 0.3 is 0 Å². The van der Waals surface area contributed by atoms with E-state index in [-0.39, 0.29) is 5.91 Å². The summed E-state index contributed by atoms with van der Waals surface area (Å²) < 4.78 is 5.04. The average Bonchev–Trinajstić information content (AvgIpc) is 2.36.